The zero-order valence-corrected chi connectivity index (χ0v) is 16.5. The third-order valence-corrected chi connectivity index (χ3v) is 4.31. The Kier molecular flexibility index (Phi) is 7.41. The Morgan fingerprint density at radius 1 is 1.04 bits per heavy atom. The number of ether oxygens (including phenoxy) is 1. The molecular weight excluding hydrogens is 340 g/mol. The minimum atomic E-state index is -0.204. The van der Waals surface area contributed by atoms with Gasteiger partial charge < -0.3 is 15.4 Å². The number of hydrogen-bond acceptors (Lipinski definition) is 3. The predicted molar refractivity (Wildman–Crippen MR) is 108 cm³/mol. The maximum Gasteiger partial charge on any atom is 0.262 e. The SMILES string of the molecule is CNC(=O)CCc1ccc(NC(=O)COc2cc(C)ccc2C(C)C)cc1. The first kappa shape index (κ1) is 20.5. The van der Waals surface area contributed by atoms with Gasteiger partial charge in [-0.05, 0) is 54.2 Å². The second-order valence-electron chi connectivity index (χ2n) is 6.90. The van der Waals surface area contributed by atoms with Crippen LogP contribution in [0.25, 0.3) is 0 Å². The van der Waals surface area contributed by atoms with Gasteiger partial charge in [0.2, 0.25) is 5.91 Å². The van der Waals surface area contributed by atoms with E-state index in [9.17, 15) is 9.59 Å². The van der Waals surface area contributed by atoms with Gasteiger partial charge in [-0.2, -0.15) is 0 Å². The summed E-state index contributed by atoms with van der Waals surface area (Å²) >= 11 is 0. The molecule has 2 aromatic rings. The van der Waals surface area contributed by atoms with Gasteiger partial charge in [-0.1, -0.05) is 38.1 Å². The Hall–Kier alpha value is -2.82. The van der Waals surface area contributed by atoms with Crippen LogP contribution in [-0.4, -0.2) is 25.5 Å². The van der Waals surface area contributed by atoms with Crippen LogP contribution in [-0.2, 0) is 16.0 Å². The zero-order chi connectivity index (χ0) is 19.8. The van der Waals surface area contributed by atoms with Crippen LogP contribution in [0.15, 0.2) is 42.5 Å². The van der Waals surface area contributed by atoms with Crippen molar-refractivity contribution in [2.24, 2.45) is 0 Å². The van der Waals surface area contributed by atoms with E-state index in [-0.39, 0.29) is 18.4 Å². The fourth-order valence-corrected chi connectivity index (χ4v) is 2.72. The smallest absolute Gasteiger partial charge is 0.262 e. The molecule has 0 bridgehead atoms. The topological polar surface area (TPSA) is 67.4 Å². The highest BCUT2D eigenvalue weighted by Crippen LogP contribution is 2.27. The molecule has 0 saturated carbocycles. The molecule has 144 valence electrons. The van der Waals surface area contributed by atoms with Crippen LogP contribution < -0.4 is 15.4 Å². The Balaban J connectivity index is 1.89. The van der Waals surface area contributed by atoms with Crippen molar-refractivity contribution in [3.63, 3.8) is 0 Å². The van der Waals surface area contributed by atoms with E-state index in [4.69, 9.17) is 4.74 Å². The molecule has 0 atom stereocenters. The minimum Gasteiger partial charge on any atom is -0.483 e. The monoisotopic (exact) mass is 368 g/mol. The van der Waals surface area contributed by atoms with Gasteiger partial charge in [0.1, 0.15) is 5.75 Å². The van der Waals surface area contributed by atoms with E-state index in [0.29, 0.717) is 24.4 Å². The van der Waals surface area contributed by atoms with Crippen LogP contribution in [0, 0.1) is 6.92 Å². The maximum atomic E-state index is 12.2. The Labute approximate surface area is 161 Å². The molecule has 0 saturated heterocycles. The number of anilines is 1. The average Bonchev–Trinajstić information content (AvgIpc) is 2.65. The molecule has 0 unspecified atom stereocenters. The number of benzene rings is 2. The van der Waals surface area contributed by atoms with E-state index in [2.05, 4.69) is 24.5 Å². The van der Waals surface area contributed by atoms with Crippen molar-refractivity contribution in [3.05, 3.63) is 59.2 Å². The van der Waals surface area contributed by atoms with Crippen LogP contribution in [0.1, 0.15) is 42.9 Å². The van der Waals surface area contributed by atoms with E-state index >= 15 is 0 Å². The molecule has 5 nitrogen and oxygen atoms in total. The summed E-state index contributed by atoms with van der Waals surface area (Å²) in [5, 5.41) is 5.44. The fourth-order valence-electron chi connectivity index (χ4n) is 2.72. The number of carbonyl (C=O) groups is 2. The van der Waals surface area contributed by atoms with Gasteiger partial charge in [-0.3, -0.25) is 9.59 Å². The van der Waals surface area contributed by atoms with Crippen molar-refractivity contribution in [3.8, 4) is 5.75 Å². The Bertz CT molecular complexity index is 783. The third kappa shape index (κ3) is 6.44. The van der Waals surface area contributed by atoms with Crippen LogP contribution in [0.2, 0.25) is 0 Å². The van der Waals surface area contributed by atoms with E-state index in [1.807, 2.05) is 49.4 Å². The number of hydrogen-bond donors (Lipinski definition) is 2. The number of rotatable bonds is 8. The lowest BCUT2D eigenvalue weighted by Crippen LogP contribution is -2.20. The summed E-state index contributed by atoms with van der Waals surface area (Å²) in [4.78, 5) is 23.5. The molecule has 5 heteroatoms. The maximum absolute atomic E-state index is 12.2. The fraction of sp³-hybridized carbons (Fsp3) is 0.364. The molecule has 0 aliphatic heterocycles. The second-order valence-corrected chi connectivity index (χ2v) is 6.90. The summed E-state index contributed by atoms with van der Waals surface area (Å²) in [5.41, 5.74) is 3.95. The summed E-state index contributed by atoms with van der Waals surface area (Å²) < 4.78 is 5.76. The van der Waals surface area contributed by atoms with E-state index in [1.54, 1.807) is 7.05 Å². The lowest BCUT2D eigenvalue weighted by atomic mass is 10.0. The lowest BCUT2D eigenvalue weighted by Gasteiger charge is -2.15. The first-order chi connectivity index (χ1) is 12.9. The summed E-state index contributed by atoms with van der Waals surface area (Å²) in [6.07, 6.45) is 1.12. The molecule has 2 aromatic carbocycles. The van der Waals surface area contributed by atoms with Crippen molar-refractivity contribution in [2.75, 3.05) is 19.0 Å². The number of nitrogens with one attached hydrogen (secondary N) is 2. The third-order valence-electron chi connectivity index (χ3n) is 4.31. The molecule has 0 heterocycles. The zero-order valence-electron chi connectivity index (χ0n) is 16.5. The average molecular weight is 368 g/mol. The molecule has 0 spiro atoms. The first-order valence-corrected chi connectivity index (χ1v) is 9.21. The van der Waals surface area contributed by atoms with Gasteiger partial charge >= 0.3 is 0 Å². The van der Waals surface area contributed by atoms with Crippen LogP contribution in [0.5, 0.6) is 5.75 Å². The van der Waals surface area contributed by atoms with Crippen LogP contribution in [0.3, 0.4) is 0 Å². The molecule has 27 heavy (non-hydrogen) atoms. The van der Waals surface area contributed by atoms with Crippen molar-refractivity contribution in [1.29, 1.82) is 0 Å². The molecule has 0 radical (unpaired) electrons. The molecule has 0 aromatic heterocycles. The van der Waals surface area contributed by atoms with Crippen molar-refractivity contribution >= 4 is 17.5 Å². The molecule has 0 fully saturated rings. The summed E-state index contributed by atoms with van der Waals surface area (Å²) in [6, 6.07) is 13.6. The highest BCUT2D eigenvalue weighted by Gasteiger charge is 2.10. The summed E-state index contributed by atoms with van der Waals surface area (Å²) in [7, 11) is 1.63. The Morgan fingerprint density at radius 3 is 2.37 bits per heavy atom. The largest absolute Gasteiger partial charge is 0.483 e. The van der Waals surface area contributed by atoms with E-state index < -0.39 is 0 Å². The Morgan fingerprint density at radius 2 is 1.74 bits per heavy atom. The van der Waals surface area contributed by atoms with Crippen LogP contribution >= 0.6 is 0 Å². The number of aryl methyl sites for hydroxylation is 2. The van der Waals surface area contributed by atoms with Gasteiger partial charge in [-0.25, -0.2) is 0 Å². The van der Waals surface area contributed by atoms with Gasteiger partial charge in [-0.15, -0.1) is 0 Å². The van der Waals surface area contributed by atoms with Crippen molar-refractivity contribution in [2.45, 2.75) is 39.5 Å². The van der Waals surface area contributed by atoms with Gasteiger partial charge in [0, 0.05) is 19.2 Å². The molecular formula is C22H28N2O3. The van der Waals surface area contributed by atoms with Crippen LogP contribution in [0.4, 0.5) is 5.69 Å². The summed E-state index contributed by atoms with van der Waals surface area (Å²) in [6.45, 7) is 6.16. The summed E-state index contributed by atoms with van der Waals surface area (Å²) in [5.74, 6) is 0.890. The quantitative estimate of drug-likeness (QED) is 0.744. The van der Waals surface area contributed by atoms with E-state index in [1.165, 1.54) is 0 Å². The number of amides is 2. The predicted octanol–water partition coefficient (Wildman–Crippen LogP) is 3.81. The van der Waals surface area contributed by atoms with Gasteiger partial charge in [0.25, 0.3) is 5.91 Å². The minimum absolute atomic E-state index is 0.0152. The normalized spacial score (nSPS) is 10.6. The lowest BCUT2D eigenvalue weighted by molar-refractivity contribution is -0.120. The highest BCUT2D eigenvalue weighted by molar-refractivity contribution is 5.91. The molecule has 2 rings (SSSR count). The standard InChI is InChI=1S/C22H28N2O3/c1-15(2)19-11-5-16(3)13-20(19)27-14-22(26)24-18-9-6-17(7-10-18)8-12-21(25)23-4/h5-7,9-11,13,15H,8,12,14H2,1-4H3,(H,23,25)(H,24,26). The first-order valence-electron chi connectivity index (χ1n) is 9.21. The molecule has 0 aliphatic rings. The molecule has 2 N–H and O–H groups in total. The molecule has 2 amide bonds. The second kappa shape index (κ2) is 9.76. The van der Waals surface area contributed by atoms with E-state index in [0.717, 1.165) is 22.4 Å². The van der Waals surface area contributed by atoms with Crippen molar-refractivity contribution < 1.29 is 14.3 Å². The van der Waals surface area contributed by atoms with Gasteiger partial charge in [0.05, 0.1) is 0 Å². The number of carbonyl (C=O) groups excluding carboxylic acids is 2. The molecule has 0 aliphatic carbocycles. The highest BCUT2D eigenvalue weighted by atomic mass is 16.5. The van der Waals surface area contributed by atoms with Crippen molar-refractivity contribution in [1.82, 2.24) is 5.32 Å². The van der Waals surface area contributed by atoms with Gasteiger partial charge in [0.15, 0.2) is 6.61 Å².